The molecule has 1 aromatic carbocycles. The second kappa shape index (κ2) is 11.6. The first kappa shape index (κ1) is 28.8. The minimum absolute atomic E-state index is 0.00781. The van der Waals surface area contributed by atoms with Gasteiger partial charge in [-0.1, -0.05) is 50.3 Å². The number of benzene rings is 1. The van der Waals surface area contributed by atoms with Gasteiger partial charge in [-0.05, 0) is 65.0 Å². The number of hydrogen-bond donors (Lipinski definition) is 2. The second-order valence-corrected chi connectivity index (χ2v) is 12.6. The fraction of sp³-hybridized carbons (Fsp3) is 0.656. The minimum atomic E-state index is -0.852. The van der Waals surface area contributed by atoms with E-state index in [2.05, 4.69) is 62.2 Å². The van der Waals surface area contributed by atoms with E-state index < -0.39 is 17.2 Å². The molecule has 0 bridgehead atoms. The highest BCUT2D eigenvalue weighted by atomic mass is 16.3. The first-order valence-electron chi connectivity index (χ1n) is 15.4. The van der Waals surface area contributed by atoms with Crippen molar-refractivity contribution in [2.75, 3.05) is 19.6 Å². The Hall–Kier alpha value is -2.71. The summed E-state index contributed by atoms with van der Waals surface area (Å²) < 4.78 is 2.02. The molecule has 3 aliphatic rings. The van der Waals surface area contributed by atoms with Crippen molar-refractivity contribution in [3.8, 4) is 5.69 Å². The van der Waals surface area contributed by atoms with Crippen LogP contribution in [0.15, 0.2) is 24.3 Å². The standard InChI is InChI=1S/C32H47N5O3/c1-5-6-18-36-29(38)28(21-31(40)14-8-7-9-15-31)33-30(39)32(36)16-19-35(20-17-32)22-27-24(3)34-37(25(27)4)26-12-10-23(2)11-13-26/h10-13,28,40H,5-9,14-22H2,1-4H3,(H,33,39)/t28-/m1/s1. The summed E-state index contributed by atoms with van der Waals surface area (Å²) in [6, 6.07) is 7.79. The number of likely N-dealkylation sites (tertiary alicyclic amines) is 1. The molecule has 2 saturated heterocycles. The summed E-state index contributed by atoms with van der Waals surface area (Å²) >= 11 is 0. The molecule has 2 N–H and O–H groups in total. The lowest BCUT2D eigenvalue weighted by Crippen LogP contribution is -2.73. The second-order valence-electron chi connectivity index (χ2n) is 12.6. The van der Waals surface area contributed by atoms with Crippen LogP contribution in [-0.2, 0) is 16.1 Å². The third-order valence-corrected chi connectivity index (χ3v) is 9.70. The molecule has 1 atom stereocenters. The van der Waals surface area contributed by atoms with Gasteiger partial charge in [0.25, 0.3) is 0 Å². The monoisotopic (exact) mass is 549 g/mol. The number of carbonyl (C=O) groups is 2. The fourth-order valence-electron chi connectivity index (χ4n) is 7.09. The fourth-order valence-corrected chi connectivity index (χ4v) is 7.09. The van der Waals surface area contributed by atoms with Gasteiger partial charge >= 0.3 is 0 Å². The summed E-state index contributed by atoms with van der Waals surface area (Å²) in [5, 5.41) is 19.1. The SMILES string of the molecule is CCCCN1C(=O)[C@@H](CC2(O)CCCCC2)NC(=O)C12CCN(Cc1c(C)nn(-c3ccc(C)cc3)c1C)CC2. The highest BCUT2D eigenvalue weighted by molar-refractivity contribution is 6.00. The van der Waals surface area contributed by atoms with E-state index in [-0.39, 0.29) is 11.8 Å². The quantitative estimate of drug-likeness (QED) is 0.511. The van der Waals surface area contributed by atoms with Gasteiger partial charge in [0, 0.05) is 43.9 Å². The molecule has 5 rings (SSSR count). The number of piperidine rings is 1. The molecule has 8 heteroatoms. The molecule has 3 fully saturated rings. The first-order valence-corrected chi connectivity index (χ1v) is 15.4. The number of piperazine rings is 1. The lowest BCUT2D eigenvalue weighted by Gasteiger charge is -2.52. The van der Waals surface area contributed by atoms with E-state index in [0.717, 1.165) is 68.8 Å². The zero-order valence-corrected chi connectivity index (χ0v) is 24.8. The summed E-state index contributed by atoms with van der Waals surface area (Å²) in [5.74, 6) is -0.0432. The van der Waals surface area contributed by atoms with Crippen LogP contribution >= 0.6 is 0 Å². The molecule has 8 nitrogen and oxygen atoms in total. The normalized spacial score (nSPS) is 23.0. The van der Waals surface area contributed by atoms with E-state index >= 15 is 0 Å². The third kappa shape index (κ3) is 5.57. The van der Waals surface area contributed by atoms with Crippen LogP contribution in [0.3, 0.4) is 0 Å². The Morgan fingerprint density at radius 1 is 1.00 bits per heavy atom. The number of amides is 2. The van der Waals surface area contributed by atoms with Crippen LogP contribution in [-0.4, -0.2) is 73.3 Å². The minimum Gasteiger partial charge on any atom is -0.390 e. The smallest absolute Gasteiger partial charge is 0.246 e. The number of nitrogens with zero attached hydrogens (tertiary/aromatic N) is 4. The Kier molecular flexibility index (Phi) is 8.39. The molecule has 1 aliphatic carbocycles. The molecule has 2 amide bonds. The molecular formula is C32H47N5O3. The summed E-state index contributed by atoms with van der Waals surface area (Å²) in [5.41, 5.74) is 4.02. The Bertz CT molecular complexity index is 1210. The van der Waals surface area contributed by atoms with Crippen LogP contribution in [0.5, 0.6) is 0 Å². The molecule has 0 unspecified atom stereocenters. The number of carbonyl (C=O) groups excluding carboxylic acids is 2. The van der Waals surface area contributed by atoms with Gasteiger partial charge in [0.05, 0.1) is 17.0 Å². The van der Waals surface area contributed by atoms with Gasteiger partial charge in [0.2, 0.25) is 11.8 Å². The summed E-state index contributed by atoms with van der Waals surface area (Å²) in [6.45, 7) is 11.3. The van der Waals surface area contributed by atoms with Crippen LogP contribution < -0.4 is 5.32 Å². The van der Waals surface area contributed by atoms with Crippen molar-refractivity contribution in [2.24, 2.45) is 0 Å². The average Bonchev–Trinajstić information content (AvgIpc) is 3.22. The summed E-state index contributed by atoms with van der Waals surface area (Å²) in [6.07, 6.45) is 7.91. The number of rotatable bonds is 8. The number of unbranched alkanes of at least 4 members (excludes halogenated alkanes) is 1. The van der Waals surface area contributed by atoms with Crippen molar-refractivity contribution in [3.63, 3.8) is 0 Å². The van der Waals surface area contributed by atoms with Gasteiger partial charge in [-0.25, -0.2) is 4.68 Å². The van der Waals surface area contributed by atoms with Crippen molar-refractivity contribution in [3.05, 3.63) is 46.8 Å². The maximum Gasteiger partial charge on any atom is 0.246 e. The number of aliphatic hydroxyl groups is 1. The highest BCUT2D eigenvalue weighted by Gasteiger charge is 2.54. The van der Waals surface area contributed by atoms with Crippen molar-refractivity contribution >= 4 is 11.8 Å². The average molecular weight is 550 g/mol. The van der Waals surface area contributed by atoms with Crippen molar-refractivity contribution in [2.45, 2.75) is 116 Å². The maximum absolute atomic E-state index is 13.9. The molecule has 0 radical (unpaired) electrons. The van der Waals surface area contributed by atoms with E-state index in [1.54, 1.807) is 0 Å². The van der Waals surface area contributed by atoms with Crippen LogP contribution in [0.2, 0.25) is 0 Å². The molecular weight excluding hydrogens is 502 g/mol. The lowest BCUT2D eigenvalue weighted by atomic mass is 9.77. The van der Waals surface area contributed by atoms with Crippen LogP contribution in [0, 0.1) is 20.8 Å². The van der Waals surface area contributed by atoms with Crippen molar-refractivity contribution < 1.29 is 14.7 Å². The molecule has 1 spiro atoms. The molecule has 3 heterocycles. The summed E-state index contributed by atoms with van der Waals surface area (Å²) in [7, 11) is 0. The zero-order valence-electron chi connectivity index (χ0n) is 24.8. The van der Waals surface area contributed by atoms with E-state index in [1.165, 1.54) is 11.1 Å². The molecule has 218 valence electrons. The molecule has 40 heavy (non-hydrogen) atoms. The Labute approximate surface area is 239 Å². The van der Waals surface area contributed by atoms with Gasteiger partial charge in [-0.15, -0.1) is 0 Å². The first-order chi connectivity index (χ1) is 19.2. The zero-order chi connectivity index (χ0) is 28.5. The van der Waals surface area contributed by atoms with E-state index in [9.17, 15) is 14.7 Å². The van der Waals surface area contributed by atoms with E-state index in [0.29, 0.717) is 38.6 Å². The Morgan fingerprint density at radius 2 is 1.68 bits per heavy atom. The van der Waals surface area contributed by atoms with Gasteiger partial charge in [-0.3, -0.25) is 14.5 Å². The van der Waals surface area contributed by atoms with Crippen LogP contribution in [0.25, 0.3) is 5.69 Å². The van der Waals surface area contributed by atoms with Gasteiger partial charge < -0.3 is 15.3 Å². The number of aryl methyl sites for hydroxylation is 2. The largest absolute Gasteiger partial charge is 0.390 e. The van der Waals surface area contributed by atoms with Gasteiger partial charge in [0.1, 0.15) is 11.6 Å². The van der Waals surface area contributed by atoms with Crippen LogP contribution in [0.4, 0.5) is 0 Å². The molecule has 1 saturated carbocycles. The summed E-state index contributed by atoms with van der Waals surface area (Å²) in [4.78, 5) is 31.9. The third-order valence-electron chi connectivity index (χ3n) is 9.70. The van der Waals surface area contributed by atoms with Gasteiger partial charge in [-0.2, -0.15) is 5.10 Å². The number of nitrogens with one attached hydrogen (secondary N) is 1. The van der Waals surface area contributed by atoms with E-state index in [4.69, 9.17) is 5.10 Å². The van der Waals surface area contributed by atoms with E-state index in [1.807, 2.05) is 9.58 Å². The van der Waals surface area contributed by atoms with Gasteiger partial charge in [0.15, 0.2) is 0 Å². The molecule has 2 aromatic rings. The Balaban J connectivity index is 1.29. The van der Waals surface area contributed by atoms with Crippen molar-refractivity contribution in [1.82, 2.24) is 24.9 Å². The number of hydrogen-bond acceptors (Lipinski definition) is 5. The van der Waals surface area contributed by atoms with Crippen LogP contribution in [0.1, 0.15) is 93.6 Å². The topological polar surface area (TPSA) is 90.7 Å². The Morgan fingerprint density at radius 3 is 2.33 bits per heavy atom. The molecule has 1 aromatic heterocycles. The maximum atomic E-state index is 13.9. The predicted octanol–water partition coefficient (Wildman–Crippen LogP) is 4.34. The molecule has 2 aliphatic heterocycles. The number of aromatic nitrogens is 2. The van der Waals surface area contributed by atoms with Crippen molar-refractivity contribution in [1.29, 1.82) is 0 Å². The lowest BCUT2D eigenvalue weighted by molar-refractivity contribution is -0.163. The highest BCUT2D eigenvalue weighted by Crippen LogP contribution is 2.38. The predicted molar refractivity (Wildman–Crippen MR) is 156 cm³/mol.